The lowest BCUT2D eigenvalue weighted by molar-refractivity contribution is -0.121. The largest absolute Gasteiger partial charge is 0.506 e. The van der Waals surface area contributed by atoms with Crippen LogP contribution in [0.3, 0.4) is 0 Å². The Labute approximate surface area is 122 Å². The van der Waals surface area contributed by atoms with Crippen LogP contribution in [0.2, 0.25) is 0 Å². The van der Waals surface area contributed by atoms with Crippen LogP contribution in [-0.4, -0.2) is 34.4 Å². The fourth-order valence-electron chi connectivity index (χ4n) is 2.89. The molecule has 0 aromatic heterocycles. The topological polar surface area (TPSA) is 83.6 Å². The molecular formula is C16H16N2O3. The lowest BCUT2D eigenvalue weighted by atomic mass is 10.0. The molecule has 2 amide bonds. The van der Waals surface area contributed by atoms with Crippen molar-refractivity contribution in [2.45, 2.75) is 18.9 Å². The van der Waals surface area contributed by atoms with Gasteiger partial charge in [0, 0.05) is 11.9 Å². The predicted molar refractivity (Wildman–Crippen MR) is 78.9 cm³/mol. The maximum Gasteiger partial charge on any atom is 0.258 e. The van der Waals surface area contributed by atoms with Gasteiger partial charge in [-0.15, -0.1) is 0 Å². The number of nitrogens with two attached hydrogens (primary N) is 1. The van der Waals surface area contributed by atoms with E-state index in [4.69, 9.17) is 5.73 Å². The first-order chi connectivity index (χ1) is 10.1. The van der Waals surface area contributed by atoms with Gasteiger partial charge in [0.15, 0.2) is 0 Å². The van der Waals surface area contributed by atoms with Gasteiger partial charge in [-0.25, -0.2) is 0 Å². The molecule has 2 aromatic rings. The van der Waals surface area contributed by atoms with Crippen molar-refractivity contribution in [1.82, 2.24) is 4.90 Å². The summed E-state index contributed by atoms with van der Waals surface area (Å²) in [6.07, 6.45) is 1.32. The maximum atomic E-state index is 12.6. The van der Waals surface area contributed by atoms with Gasteiger partial charge in [0.25, 0.3) is 5.91 Å². The highest BCUT2D eigenvalue weighted by Crippen LogP contribution is 2.31. The molecule has 1 fully saturated rings. The number of hydrogen-bond donors (Lipinski definition) is 2. The van der Waals surface area contributed by atoms with E-state index in [0.717, 1.165) is 11.8 Å². The van der Waals surface area contributed by atoms with Gasteiger partial charge >= 0.3 is 0 Å². The van der Waals surface area contributed by atoms with E-state index in [1.807, 2.05) is 12.1 Å². The minimum absolute atomic E-state index is 0.0479. The molecule has 1 aliphatic heterocycles. The van der Waals surface area contributed by atoms with Crippen LogP contribution in [0, 0.1) is 0 Å². The molecule has 2 aromatic carbocycles. The average Bonchev–Trinajstić information content (AvgIpc) is 2.97. The molecule has 5 heteroatoms. The van der Waals surface area contributed by atoms with Crippen LogP contribution >= 0.6 is 0 Å². The number of carbonyl (C=O) groups is 2. The summed E-state index contributed by atoms with van der Waals surface area (Å²) in [6, 6.07) is 10.1. The summed E-state index contributed by atoms with van der Waals surface area (Å²) < 4.78 is 0. The molecule has 5 nitrogen and oxygen atoms in total. The fraction of sp³-hybridized carbons (Fsp3) is 0.250. The second-order valence-electron chi connectivity index (χ2n) is 5.24. The molecule has 108 valence electrons. The van der Waals surface area contributed by atoms with Crippen molar-refractivity contribution < 1.29 is 14.7 Å². The molecule has 21 heavy (non-hydrogen) atoms. The van der Waals surface area contributed by atoms with Crippen LogP contribution < -0.4 is 5.73 Å². The number of carbonyl (C=O) groups excluding carboxylic acids is 2. The number of phenolic OH excluding ortho intramolecular Hbond substituents is 1. The van der Waals surface area contributed by atoms with Gasteiger partial charge in [-0.05, 0) is 24.3 Å². The zero-order chi connectivity index (χ0) is 15.0. The zero-order valence-corrected chi connectivity index (χ0v) is 11.5. The van der Waals surface area contributed by atoms with Gasteiger partial charge in [0.2, 0.25) is 5.91 Å². The van der Waals surface area contributed by atoms with Crippen LogP contribution in [0.25, 0.3) is 10.8 Å². The van der Waals surface area contributed by atoms with Crippen LogP contribution in [0.4, 0.5) is 0 Å². The van der Waals surface area contributed by atoms with E-state index in [1.54, 1.807) is 24.3 Å². The molecule has 0 saturated carbocycles. The SMILES string of the molecule is NC(=O)C1CCCN1C(=O)c1ccc2ccccc2c1O. The molecule has 0 aliphatic carbocycles. The maximum absolute atomic E-state index is 12.6. The highest BCUT2D eigenvalue weighted by molar-refractivity contribution is 6.05. The number of amides is 2. The van der Waals surface area contributed by atoms with E-state index < -0.39 is 11.9 Å². The zero-order valence-electron chi connectivity index (χ0n) is 11.5. The van der Waals surface area contributed by atoms with Crippen molar-refractivity contribution in [1.29, 1.82) is 0 Å². The van der Waals surface area contributed by atoms with E-state index in [-0.39, 0.29) is 17.2 Å². The number of nitrogens with zero attached hydrogens (tertiary/aromatic N) is 1. The normalized spacial score (nSPS) is 18.1. The van der Waals surface area contributed by atoms with Gasteiger partial charge in [-0.1, -0.05) is 30.3 Å². The average molecular weight is 284 g/mol. The molecule has 1 aliphatic rings. The number of aromatic hydroxyl groups is 1. The Morgan fingerprint density at radius 3 is 2.71 bits per heavy atom. The summed E-state index contributed by atoms with van der Waals surface area (Å²) in [5, 5.41) is 11.8. The van der Waals surface area contributed by atoms with Crippen LogP contribution in [0.15, 0.2) is 36.4 Å². The molecule has 0 bridgehead atoms. The Balaban J connectivity index is 2.02. The molecule has 0 spiro atoms. The molecular weight excluding hydrogens is 268 g/mol. The first kappa shape index (κ1) is 13.4. The number of hydrogen-bond acceptors (Lipinski definition) is 3. The van der Waals surface area contributed by atoms with Crippen molar-refractivity contribution in [3.05, 3.63) is 42.0 Å². The van der Waals surface area contributed by atoms with Crippen molar-refractivity contribution in [2.75, 3.05) is 6.54 Å². The Morgan fingerprint density at radius 2 is 1.95 bits per heavy atom. The van der Waals surface area contributed by atoms with E-state index in [0.29, 0.717) is 18.4 Å². The summed E-state index contributed by atoms with van der Waals surface area (Å²) >= 11 is 0. The Kier molecular flexibility index (Phi) is 3.25. The fourth-order valence-corrected chi connectivity index (χ4v) is 2.89. The third-order valence-corrected chi connectivity index (χ3v) is 3.97. The molecule has 0 radical (unpaired) electrons. The number of rotatable bonds is 2. The number of phenols is 1. The van der Waals surface area contributed by atoms with Gasteiger partial charge in [0.05, 0.1) is 5.56 Å². The summed E-state index contributed by atoms with van der Waals surface area (Å²) in [7, 11) is 0. The minimum Gasteiger partial charge on any atom is -0.506 e. The molecule has 1 heterocycles. The minimum atomic E-state index is -0.580. The van der Waals surface area contributed by atoms with E-state index in [9.17, 15) is 14.7 Å². The highest BCUT2D eigenvalue weighted by atomic mass is 16.3. The van der Waals surface area contributed by atoms with Gasteiger partial charge in [-0.3, -0.25) is 9.59 Å². The van der Waals surface area contributed by atoms with Gasteiger partial charge in [0.1, 0.15) is 11.8 Å². The monoisotopic (exact) mass is 284 g/mol. The smallest absolute Gasteiger partial charge is 0.258 e. The molecule has 3 N–H and O–H groups in total. The lowest BCUT2D eigenvalue weighted by Crippen LogP contribution is -2.43. The number of likely N-dealkylation sites (tertiary alicyclic amines) is 1. The summed E-state index contributed by atoms with van der Waals surface area (Å²) in [6.45, 7) is 0.485. The molecule has 3 rings (SSSR count). The van der Waals surface area contributed by atoms with Gasteiger partial charge in [-0.2, -0.15) is 0 Å². The first-order valence-electron chi connectivity index (χ1n) is 6.90. The van der Waals surface area contributed by atoms with Crippen LogP contribution in [-0.2, 0) is 4.79 Å². The summed E-state index contributed by atoms with van der Waals surface area (Å²) in [5.74, 6) is -0.895. The van der Waals surface area contributed by atoms with Crippen molar-refractivity contribution in [3.8, 4) is 5.75 Å². The van der Waals surface area contributed by atoms with E-state index in [2.05, 4.69) is 0 Å². The summed E-state index contributed by atoms with van der Waals surface area (Å²) in [4.78, 5) is 25.4. The molecule has 1 saturated heterocycles. The van der Waals surface area contributed by atoms with Crippen molar-refractivity contribution >= 4 is 22.6 Å². The van der Waals surface area contributed by atoms with Crippen LogP contribution in [0.1, 0.15) is 23.2 Å². The van der Waals surface area contributed by atoms with E-state index >= 15 is 0 Å². The third kappa shape index (κ3) is 2.20. The van der Waals surface area contributed by atoms with Crippen LogP contribution in [0.5, 0.6) is 5.75 Å². The summed E-state index contributed by atoms with van der Waals surface area (Å²) in [5.41, 5.74) is 5.55. The Hall–Kier alpha value is -2.56. The van der Waals surface area contributed by atoms with E-state index in [1.165, 1.54) is 4.90 Å². The molecule has 1 unspecified atom stereocenters. The third-order valence-electron chi connectivity index (χ3n) is 3.97. The number of fused-ring (bicyclic) bond motifs is 1. The molecule has 1 atom stereocenters. The second kappa shape index (κ2) is 5.09. The predicted octanol–water partition coefficient (Wildman–Crippen LogP) is 1.64. The first-order valence-corrected chi connectivity index (χ1v) is 6.90. The quantitative estimate of drug-likeness (QED) is 0.879. The standard InChI is InChI=1S/C16H16N2O3/c17-15(20)13-6-3-9-18(13)16(21)12-8-7-10-4-1-2-5-11(10)14(12)19/h1-2,4-5,7-8,13,19H,3,6,9H2,(H2,17,20). The number of primary amides is 1. The highest BCUT2D eigenvalue weighted by Gasteiger charge is 2.34. The lowest BCUT2D eigenvalue weighted by Gasteiger charge is -2.22. The van der Waals surface area contributed by atoms with Crippen molar-refractivity contribution in [2.24, 2.45) is 5.73 Å². The second-order valence-corrected chi connectivity index (χ2v) is 5.24. The Bertz CT molecular complexity index is 727. The van der Waals surface area contributed by atoms with Crippen molar-refractivity contribution in [3.63, 3.8) is 0 Å². The van der Waals surface area contributed by atoms with Gasteiger partial charge < -0.3 is 15.7 Å². The number of benzene rings is 2. The Morgan fingerprint density at radius 1 is 1.19 bits per heavy atom.